The van der Waals surface area contributed by atoms with Gasteiger partial charge in [0, 0.05) is 56.6 Å². The first-order chi connectivity index (χ1) is 14.3. The summed E-state index contributed by atoms with van der Waals surface area (Å²) in [6, 6.07) is 5.25. The molecule has 1 amide bonds. The fourth-order valence-corrected chi connectivity index (χ4v) is 3.76. The van der Waals surface area contributed by atoms with E-state index >= 15 is 0 Å². The Labute approximate surface area is 183 Å². The first kappa shape index (κ1) is 22.6. The molecule has 0 spiro atoms. The Kier molecular flexibility index (Phi) is 7.75. The van der Waals surface area contributed by atoms with Crippen LogP contribution in [0, 0.1) is 6.92 Å². The highest BCUT2D eigenvalue weighted by atomic mass is 35.5. The van der Waals surface area contributed by atoms with Gasteiger partial charge in [-0.25, -0.2) is 0 Å². The average Bonchev–Trinajstić information content (AvgIpc) is 3.02. The Bertz CT molecular complexity index is 859. The fraction of sp³-hybridized carbons (Fsp3) is 0.545. The smallest absolute Gasteiger partial charge is 0.251 e. The summed E-state index contributed by atoms with van der Waals surface area (Å²) in [5, 5.41) is 7.70. The number of nitrogens with zero attached hydrogens (tertiary/aromatic N) is 4. The van der Waals surface area contributed by atoms with Gasteiger partial charge in [0.2, 0.25) is 0 Å². The van der Waals surface area contributed by atoms with Gasteiger partial charge in [0.05, 0.1) is 11.2 Å². The van der Waals surface area contributed by atoms with E-state index in [2.05, 4.69) is 22.2 Å². The molecule has 1 N–H and O–H groups in total. The van der Waals surface area contributed by atoms with Crippen molar-refractivity contribution in [2.75, 3.05) is 40.3 Å². The minimum atomic E-state index is -0.121. The lowest BCUT2D eigenvalue weighted by Gasteiger charge is -2.32. The van der Waals surface area contributed by atoms with Gasteiger partial charge in [-0.2, -0.15) is 5.10 Å². The summed E-state index contributed by atoms with van der Waals surface area (Å²) >= 11 is 6.40. The zero-order chi connectivity index (χ0) is 21.7. The summed E-state index contributed by atoms with van der Waals surface area (Å²) in [5.41, 5.74) is 3.04. The van der Waals surface area contributed by atoms with E-state index in [-0.39, 0.29) is 12.0 Å². The maximum absolute atomic E-state index is 12.3. The molecule has 0 unspecified atom stereocenters. The number of piperidine rings is 1. The van der Waals surface area contributed by atoms with Gasteiger partial charge >= 0.3 is 0 Å². The summed E-state index contributed by atoms with van der Waals surface area (Å²) in [5.74, 6) is 0.521. The minimum absolute atomic E-state index is 0.121. The molecule has 1 fully saturated rings. The van der Waals surface area contributed by atoms with E-state index in [0.29, 0.717) is 22.9 Å². The largest absolute Gasteiger partial charge is 0.489 e. The lowest BCUT2D eigenvalue weighted by Crippen LogP contribution is -2.37. The summed E-state index contributed by atoms with van der Waals surface area (Å²) < 4.78 is 8.06. The minimum Gasteiger partial charge on any atom is -0.489 e. The molecule has 0 atom stereocenters. The van der Waals surface area contributed by atoms with Crippen LogP contribution in [0.5, 0.6) is 5.75 Å². The molecule has 1 aromatic carbocycles. The van der Waals surface area contributed by atoms with Crippen LogP contribution in [0.3, 0.4) is 0 Å². The second-order valence-electron chi connectivity index (χ2n) is 8.18. The van der Waals surface area contributed by atoms with Crippen molar-refractivity contribution in [1.29, 1.82) is 0 Å². The summed E-state index contributed by atoms with van der Waals surface area (Å²) in [7, 11) is 5.92. The van der Waals surface area contributed by atoms with E-state index in [1.807, 2.05) is 36.9 Å². The number of hydrogen-bond donors (Lipinski definition) is 1. The lowest BCUT2D eigenvalue weighted by atomic mass is 10.1. The normalized spacial score (nSPS) is 15.5. The highest BCUT2D eigenvalue weighted by Gasteiger charge is 2.22. The van der Waals surface area contributed by atoms with Crippen LogP contribution >= 0.6 is 11.6 Å². The Morgan fingerprint density at radius 3 is 2.67 bits per heavy atom. The molecule has 1 aliphatic rings. The number of aromatic nitrogens is 2. The number of halogens is 1. The third-order valence-corrected chi connectivity index (χ3v) is 5.89. The van der Waals surface area contributed by atoms with E-state index in [1.165, 1.54) is 11.3 Å². The predicted molar refractivity (Wildman–Crippen MR) is 119 cm³/mol. The molecule has 7 nitrogen and oxygen atoms in total. The molecule has 1 aromatic heterocycles. The Hall–Kier alpha value is -2.09. The second kappa shape index (κ2) is 10.3. The molecular weight excluding hydrogens is 402 g/mol. The van der Waals surface area contributed by atoms with Gasteiger partial charge in [-0.15, -0.1) is 0 Å². The Balaban J connectivity index is 1.48. The van der Waals surface area contributed by atoms with Gasteiger partial charge in [0.15, 0.2) is 0 Å². The zero-order valence-electron chi connectivity index (χ0n) is 18.3. The number of aryl methyl sites for hydroxylation is 1. The number of likely N-dealkylation sites (N-methyl/N-ethyl adjacent to an activating group) is 1. The van der Waals surface area contributed by atoms with Crippen molar-refractivity contribution in [1.82, 2.24) is 24.9 Å². The topological polar surface area (TPSA) is 62.6 Å². The number of likely N-dealkylation sites (tertiary alicyclic amines) is 1. The van der Waals surface area contributed by atoms with Gasteiger partial charge < -0.3 is 15.0 Å². The van der Waals surface area contributed by atoms with E-state index in [4.69, 9.17) is 16.3 Å². The van der Waals surface area contributed by atoms with Crippen LogP contribution in [-0.4, -0.2) is 71.9 Å². The maximum Gasteiger partial charge on any atom is 0.251 e. The summed E-state index contributed by atoms with van der Waals surface area (Å²) in [6.07, 6.45) is 3.98. The third kappa shape index (κ3) is 5.97. The van der Waals surface area contributed by atoms with Crippen molar-refractivity contribution >= 4 is 17.5 Å². The molecule has 164 valence electrons. The number of ether oxygens (including phenoxy) is 1. The van der Waals surface area contributed by atoms with Crippen LogP contribution < -0.4 is 10.1 Å². The van der Waals surface area contributed by atoms with E-state index in [0.717, 1.165) is 39.0 Å². The first-order valence-corrected chi connectivity index (χ1v) is 10.8. The summed E-state index contributed by atoms with van der Waals surface area (Å²) in [4.78, 5) is 16.7. The Morgan fingerprint density at radius 1 is 1.33 bits per heavy atom. The highest BCUT2D eigenvalue weighted by Crippen LogP contribution is 2.29. The SMILES string of the molecule is Cc1c(CN2CCC(Oc3ccc(C(=O)NCCN(C)C)cc3Cl)CC2)cnn1C. The van der Waals surface area contributed by atoms with E-state index in [1.54, 1.807) is 18.2 Å². The zero-order valence-corrected chi connectivity index (χ0v) is 19.1. The van der Waals surface area contributed by atoms with Crippen LogP contribution in [-0.2, 0) is 13.6 Å². The van der Waals surface area contributed by atoms with Crippen molar-refractivity contribution < 1.29 is 9.53 Å². The fourth-order valence-electron chi connectivity index (χ4n) is 3.54. The molecule has 0 saturated carbocycles. The van der Waals surface area contributed by atoms with Crippen molar-refractivity contribution in [3.05, 3.63) is 46.2 Å². The predicted octanol–water partition coefficient (Wildman–Crippen LogP) is 2.72. The number of hydrogen-bond acceptors (Lipinski definition) is 5. The van der Waals surface area contributed by atoms with Crippen LogP contribution in [0.1, 0.15) is 34.5 Å². The van der Waals surface area contributed by atoms with Crippen molar-refractivity contribution in [2.45, 2.75) is 32.4 Å². The molecule has 1 saturated heterocycles. The quantitative estimate of drug-likeness (QED) is 0.693. The number of carbonyl (C=O) groups excluding carboxylic acids is 1. The van der Waals surface area contributed by atoms with Gasteiger partial charge in [0.25, 0.3) is 5.91 Å². The van der Waals surface area contributed by atoms with Crippen molar-refractivity contribution in [3.8, 4) is 5.75 Å². The molecule has 0 aliphatic carbocycles. The van der Waals surface area contributed by atoms with Crippen LogP contribution in [0.15, 0.2) is 24.4 Å². The maximum atomic E-state index is 12.3. The molecule has 0 radical (unpaired) electrons. The standard InChI is InChI=1S/C22H32ClN5O2/c1-16-18(14-25-27(16)4)15-28-10-7-19(8-11-28)30-21-6-5-17(13-20(21)23)22(29)24-9-12-26(2)3/h5-6,13-14,19H,7-12,15H2,1-4H3,(H,24,29). The molecule has 30 heavy (non-hydrogen) atoms. The lowest BCUT2D eigenvalue weighted by molar-refractivity contribution is 0.0948. The number of carbonyl (C=O) groups is 1. The van der Waals surface area contributed by atoms with Gasteiger partial charge in [0.1, 0.15) is 11.9 Å². The molecule has 3 rings (SSSR count). The number of rotatable bonds is 8. The van der Waals surface area contributed by atoms with Gasteiger partial charge in [-0.1, -0.05) is 11.6 Å². The average molecular weight is 434 g/mol. The number of nitrogens with one attached hydrogen (secondary N) is 1. The van der Waals surface area contributed by atoms with Gasteiger partial charge in [-0.3, -0.25) is 14.4 Å². The third-order valence-electron chi connectivity index (χ3n) is 5.60. The Morgan fingerprint density at radius 2 is 2.07 bits per heavy atom. The van der Waals surface area contributed by atoms with E-state index in [9.17, 15) is 4.79 Å². The molecule has 1 aliphatic heterocycles. The van der Waals surface area contributed by atoms with Crippen LogP contribution in [0.4, 0.5) is 0 Å². The molecule has 2 aromatic rings. The van der Waals surface area contributed by atoms with Crippen LogP contribution in [0.25, 0.3) is 0 Å². The molecule has 8 heteroatoms. The molecular formula is C22H32ClN5O2. The van der Waals surface area contributed by atoms with Crippen molar-refractivity contribution in [2.24, 2.45) is 7.05 Å². The number of amides is 1. The molecule has 2 heterocycles. The second-order valence-corrected chi connectivity index (χ2v) is 8.58. The van der Waals surface area contributed by atoms with Crippen molar-refractivity contribution in [3.63, 3.8) is 0 Å². The molecule has 0 bridgehead atoms. The number of benzene rings is 1. The van der Waals surface area contributed by atoms with Crippen LogP contribution in [0.2, 0.25) is 5.02 Å². The summed E-state index contributed by atoms with van der Waals surface area (Å²) in [6.45, 7) is 6.36. The van der Waals surface area contributed by atoms with Gasteiger partial charge in [-0.05, 0) is 52.1 Å². The highest BCUT2D eigenvalue weighted by molar-refractivity contribution is 6.32. The van der Waals surface area contributed by atoms with E-state index < -0.39 is 0 Å². The first-order valence-electron chi connectivity index (χ1n) is 10.4. The monoisotopic (exact) mass is 433 g/mol.